The fourth-order valence-electron chi connectivity index (χ4n) is 2.68. The Kier molecular flexibility index (Phi) is 6.78. The van der Waals surface area contributed by atoms with Crippen LogP contribution in [0.5, 0.6) is 5.75 Å². The third-order valence-electron chi connectivity index (χ3n) is 4.32. The minimum atomic E-state index is -1.23. The van der Waals surface area contributed by atoms with Gasteiger partial charge in [0.2, 0.25) is 5.91 Å². The van der Waals surface area contributed by atoms with Gasteiger partial charge in [-0.2, -0.15) is 0 Å². The molecule has 0 heterocycles. The number of anilines is 1. The summed E-state index contributed by atoms with van der Waals surface area (Å²) in [4.78, 5) is 24.1. The first kappa shape index (κ1) is 19.5. The molecule has 26 heavy (non-hydrogen) atoms. The Bertz CT molecular complexity index is 738. The summed E-state index contributed by atoms with van der Waals surface area (Å²) in [5.74, 6) is -2.49. The summed E-state index contributed by atoms with van der Waals surface area (Å²) in [6.45, 7) is 5.94. The molecule has 1 amide bonds. The van der Waals surface area contributed by atoms with Gasteiger partial charge in [0.25, 0.3) is 0 Å². The largest absolute Gasteiger partial charge is 0.550 e. The number of ether oxygens (including phenoxy) is 1. The lowest BCUT2D eigenvalue weighted by Gasteiger charge is -2.24. The molecule has 0 fully saturated rings. The summed E-state index contributed by atoms with van der Waals surface area (Å²) in [5, 5.41) is 14.1. The van der Waals surface area contributed by atoms with Crippen molar-refractivity contribution in [3.8, 4) is 5.75 Å². The lowest BCUT2D eigenvalue weighted by molar-refractivity contribution is -0.312. The van der Waals surface area contributed by atoms with E-state index in [0.29, 0.717) is 24.5 Å². The molecular formula is C21H24NO4-. The smallest absolute Gasteiger partial charge is 0.228 e. The van der Waals surface area contributed by atoms with Gasteiger partial charge in [-0.3, -0.25) is 4.79 Å². The lowest BCUT2D eigenvalue weighted by atomic mass is 9.87. The molecule has 2 atom stereocenters. The van der Waals surface area contributed by atoms with Gasteiger partial charge in [0.1, 0.15) is 5.75 Å². The summed E-state index contributed by atoms with van der Waals surface area (Å²) in [5.41, 5.74) is 2.62. The van der Waals surface area contributed by atoms with Crippen molar-refractivity contribution in [1.82, 2.24) is 0 Å². The number of carbonyl (C=O) groups is 2. The third kappa shape index (κ3) is 5.34. The Labute approximate surface area is 154 Å². The van der Waals surface area contributed by atoms with Crippen LogP contribution in [0.25, 0.3) is 0 Å². The molecule has 0 aliphatic carbocycles. The van der Waals surface area contributed by atoms with Crippen molar-refractivity contribution >= 4 is 17.6 Å². The van der Waals surface area contributed by atoms with E-state index in [1.165, 1.54) is 6.92 Å². The normalized spacial score (nSPS) is 12.9. The fourth-order valence-corrected chi connectivity index (χ4v) is 2.68. The van der Waals surface area contributed by atoms with Crippen LogP contribution in [0.4, 0.5) is 5.69 Å². The molecule has 0 saturated carbocycles. The number of hydrogen-bond donors (Lipinski definition) is 1. The Morgan fingerprint density at radius 2 is 1.69 bits per heavy atom. The molecule has 0 aliphatic heterocycles. The van der Waals surface area contributed by atoms with Crippen molar-refractivity contribution in [1.29, 1.82) is 0 Å². The second kappa shape index (κ2) is 9.04. The fraction of sp³-hybridized carbons (Fsp3) is 0.333. The van der Waals surface area contributed by atoms with E-state index in [1.54, 1.807) is 24.3 Å². The molecule has 0 unspecified atom stereocenters. The maximum absolute atomic E-state index is 12.7. The van der Waals surface area contributed by atoms with Gasteiger partial charge in [0.15, 0.2) is 0 Å². The SMILES string of the molecule is CCOc1ccc(NC(=O)[C@@H](Cc2ccc(C)cc2)[C@H](C)C(=O)[O-])cc1. The zero-order valence-corrected chi connectivity index (χ0v) is 15.3. The van der Waals surface area contributed by atoms with Crippen molar-refractivity contribution in [2.45, 2.75) is 27.2 Å². The van der Waals surface area contributed by atoms with E-state index in [0.717, 1.165) is 11.1 Å². The van der Waals surface area contributed by atoms with Crippen LogP contribution in [0.1, 0.15) is 25.0 Å². The average molecular weight is 354 g/mol. The number of hydrogen-bond acceptors (Lipinski definition) is 4. The topological polar surface area (TPSA) is 78.5 Å². The molecule has 0 saturated heterocycles. The van der Waals surface area contributed by atoms with E-state index in [2.05, 4.69) is 5.32 Å². The minimum absolute atomic E-state index is 0.332. The maximum Gasteiger partial charge on any atom is 0.228 e. The van der Waals surface area contributed by atoms with E-state index < -0.39 is 17.8 Å². The Morgan fingerprint density at radius 1 is 1.08 bits per heavy atom. The maximum atomic E-state index is 12.7. The summed E-state index contributed by atoms with van der Waals surface area (Å²) >= 11 is 0. The molecule has 0 aromatic heterocycles. The summed E-state index contributed by atoms with van der Waals surface area (Å²) in [6.07, 6.45) is 0.332. The van der Waals surface area contributed by atoms with Crippen molar-refractivity contribution in [3.63, 3.8) is 0 Å². The van der Waals surface area contributed by atoms with Gasteiger partial charge < -0.3 is 20.0 Å². The summed E-state index contributed by atoms with van der Waals surface area (Å²) in [6, 6.07) is 14.7. The van der Waals surface area contributed by atoms with Gasteiger partial charge in [-0.15, -0.1) is 0 Å². The van der Waals surface area contributed by atoms with Crippen LogP contribution in [0.15, 0.2) is 48.5 Å². The minimum Gasteiger partial charge on any atom is -0.550 e. The molecule has 5 nitrogen and oxygen atoms in total. The highest BCUT2D eigenvalue weighted by Crippen LogP contribution is 2.22. The molecule has 2 aromatic rings. The number of amides is 1. The van der Waals surface area contributed by atoms with Crippen LogP contribution in [0.2, 0.25) is 0 Å². The van der Waals surface area contributed by atoms with Crippen LogP contribution < -0.4 is 15.2 Å². The Balaban J connectivity index is 2.14. The molecule has 138 valence electrons. The molecule has 0 spiro atoms. The average Bonchev–Trinajstić information content (AvgIpc) is 2.62. The number of carboxylic acid groups (broad SMARTS) is 1. The summed E-state index contributed by atoms with van der Waals surface area (Å²) in [7, 11) is 0. The van der Waals surface area contributed by atoms with E-state index in [9.17, 15) is 14.7 Å². The number of carbonyl (C=O) groups excluding carboxylic acids is 2. The van der Waals surface area contributed by atoms with Crippen LogP contribution in [-0.2, 0) is 16.0 Å². The van der Waals surface area contributed by atoms with Crippen LogP contribution >= 0.6 is 0 Å². The van der Waals surface area contributed by atoms with Gasteiger partial charge in [0, 0.05) is 17.6 Å². The zero-order chi connectivity index (χ0) is 19.1. The molecule has 0 bridgehead atoms. The number of aryl methyl sites for hydroxylation is 1. The van der Waals surface area contributed by atoms with Gasteiger partial charge in [-0.25, -0.2) is 0 Å². The highest BCUT2D eigenvalue weighted by Gasteiger charge is 2.26. The number of carboxylic acids is 1. The van der Waals surface area contributed by atoms with Crippen molar-refractivity contribution < 1.29 is 19.4 Å². The quantitative estimate of drug-likeness (QED) is 0.790. The molecule has 5 heteroatoms. The first-order chi connectivity index (χ1) is 12.4. The number of aliphatic carboxylic acids is 1. The van der Waals surface area contributed by atoms with Crippen molar-refractivity contribution in [2.75, 3.05) is 11.9 Å². The monoisotopic (exact) mass is 354 g/mol. The Hall–Kier alpha value is -2.82. The van der Waals surface area contributed by atoms with E-state index >= 15 is 0 Å². The van der Waals surface area contributed by atoms with E-state index in [4.69, 9.17) is 4.74 Å². The predicted octanol–water partition coefficient (Wildman–Crippen LogP) is 2.58. The predicted molar refractivity (Wildman–Crippen MR) is 98.8 cm³/mol. The standard InChI is InChI=1S/C21H25NO4/c1-4-26-18-11-9-17(10-12-18)22-20(23)19(15(3)21(24)25)13-16-7-5-14(2)6-8-16/h5-12,15,19H,4,13H2,1-3H3,(H,22,23)(H,24,25)/p-1/t15-,19-/m0/s1. The molecule has 2 rings (SSSR count). The van der Waals surface area contributed by atoms with Gasteiger partial charge in [0.05, 0.1) is 12.5 Å². The third-order valence-corrected chi connectivity index (χ3v) is 4.32. The Morgan fingerprint density at radius 3 is 2.23 bits per heavy atom. The highest BCUT2D eigenvalue weighted by atomic mass is 16.5. The molecule has 2 aromatic carbocycles. The highest BCUT2D eigenvalue weighted by molar-refractivity contribution is 5.95. The van der Waals surface area contributed by atoms with Crippen molar-refractivity contribution in [3.05, 3.63) is 59.7 Å². The van der Waals surface area contributed by atoms with Crippen LogP contribution in [-0.4, -0.2) is 18.5 Å². The van der Waals surface area contributed by atoms with Crippen molar-refractivity contribution in [2.24, 2.45) is 11.8 Å². The second-order valence-electron chi connectivity index (χ2n) is 6.35. The molecule has 0 radical (unpaired) electrons. The number of rotatable bonds is 8. The van der Waals surface area contributed by atoms with E-state index in [1.807, 2.05) is 38.1 Å². The van der Waals surface area contributed by atoms with Crippen LogP contribution in [0, 0.1) is 18.8 Å². The number of nitrogens with one attached hydrogen (secondary N) is 1. The lowest BCUT2D eigenvalue weighted by Crippen LogP contribution is -2.40. The van der Waals surface area contributed by atoms with Gasteiger partial charge in [-0.1, -0.05) is 36.8 Å². The van der Waals surface area contributed by atoms with Gasteiger partial charge in [-0.05, 0) is 50.1 Å². The molecule has 1 N–H and O–H groups in total. The van der Waals surface area contributed by atoms with Gasteiger partial charge >= 0.3 is 0 Å². The first-order valence-electron chi connectivity index (χ1n) is 8.70. The molecular weight excluding hydrogens is 330 g/mol. The first-order valence-corrected chi connectivity index (χ1v) is 8.70. The van der Waals surface area contributed by atoms with Crippen LogP contribution in [0.3, 0.4) is 0 Å². The summed E-state index contributed by atoms with van der Waals surface area (Å²) < 4.78 is 5.37. The molecule has 0 aliphatic rings. The zero-order valence-electron chi connectivity index (χ0n) is 15.3. The second-order valence-corrected chi connectivity index (χ2v) is 6.35. The van der Waals surface area contributed by atoms with E-state index in [-0.39, 0.29) is 5.91 Å². The number of benzene rings is 2.